The lowest BCUT2D eigenvalue weighted by molar-refractivity contribution is 0.411. The second kappa shape index (κ2) is 5.52. The van der Waals surface area contributed by atoms with E-state index in [2.05, 4.69) is 10.2 Å². The zero-order chi connectivity index (χ0) is 13.8. The van der Waals surface area contributed by atoms with Gasteiger partial charge >= 0.3 is 0 Å². The molecule has 0 aliphatic heterocycles. The van der Waals surface area contributed by atoms with Gasteiger partial charge in [0.05, 0.1) is 12.7 Å². The van der Waals surface area contributed by atoms with Crippen LogP contribution < -0.4 is 10.3 Å². The molecule has 0 atom stereocenters. The lowest BCUT2D eigenvalue weighted by Gasteiger charge is -2.11. The minimum absolute atomic E-state index is 0.196. The molecule has 0 bridgehead atoms. The van der Waals surface area contributed by atoms with Crippen LogP contribution in [0.3, 0.4) is 0 Å². The van der Waals surface area contributed by atoms with Crippen molar-refractivity contribution in [3.63, 3.8) is 0 Å². The molecule has 1 heterocycles. The summed E-state index contributed by atoms with van der Waals surface area (Å²) in [7, 11) is 1.65. The highest BCUT2D eigenvalue weighted by molar-refractivity contribution is 5.71. The number of benzene rings is 1. The summed E-state index contributed by atoms with van der Waals surface area (Å²) in [6.07, 6.45) is 5.48. The van der Waals surface area contributed by atoms with Gasteiger partial charge in [0.15, 0.2) is 0 Å². The van der Waals surface area contributed by atoms with Gasteiger partial charge in [-0.1, -0.05) is 12.2 Å². The van der Waals surface area contributed by atoms with Crippen LogP contribution in [0, 0.1) is 6.92 Å². The van der Waals surface area contributed by atoms with E-state index in [0.717, 1.165) is 22.4 Å². The SMILES string of the molecule is CC=Cc1cc(-c2ccn[nH]c2=O)cc(C)c1OC. The third-order valence-corrected chi connectivity index (χ3v) is 2.89. The molecule has 0 aliphatic carbocycles. The minimum atomic E-state index is -0.196. The average Bonchev–Trinajstić information content (AvgIpc) is 2.39. The van der Waals surface area contributed by atoms with E-state index in [1.54, 1.807) is 19.4 Å². The number of ether oxygens (including phenoxy) is 1. The molecule has 4 heteroatoms. The molecule has 0 saturated carbocycles. The van der Waals surface area contributed by atoms with Gasteiger partial charge in [-0.05, 0) is 43.2 Å². The molecule has 1 aromatic carbocycles. The molecule has 0 fully saturated rings. The van der Waals surface area contributed by atoms with Gasteiger partial charge in [0, 0.05) is 11.8 Å². The van der Waals surface area contributed by atoms with Gasteiger partial charge in [0.25, 0.3) is 5.56 Å². The van der Waals surface area contributed by atoms with E-state index in [-0.39, 0.29) is 5.56 Å². The van der Waals surface area contributed by atoms with E-state index in [0.29, 0.717) is 5.56 Å². The Bertz CT molecular complexity index is 672. The third kappa shape index (κ3) is 2.57. The lowest BCUT2D eigenvalue weighted by Crippen LogP contribution is -2.09. The normalized spacial score (nSPS) is 10.9. The van der Waals surface area contributed by atoms with Crippen molar-refractivity contribution in [3.05, 3.63) is 52.0 Å². The first kappa shape index (κ1) is 13.1. The van der Waals surface area contributed by atoms with Crippen molar-refractivity contribution in [2.45, 2.75) is 13.8 Å². The van der Waals surface area contributed by atoms with E-state index in [1.807, 2.05) is 38.1 Å². The molecule has 0 radical (unpaired) electrons. The number of rotatable bonds is 3. The van der Waals surface area contributed by atoms with Crippen molar-refractivity contribution in [1.82, 2.24) is 10.2 Å². The van der Waals surface area contributed by atoms with E-state index < -0.39 is 0 Å². The van der Waals surface area contributed by atoms with Crippen LogP contribution in [0.2, 0.25) is 0 Å². The molecule has 1 aromatic heterocycles. The van der Waals surface area contributed by atoms with Crippen molar-refractivity contribution in [2.75, 3.05) is 7.11 Å². The van der Waals surface area contributed by atoms with E-state index in [9.17, 15) is 4.79 Å². The molecular weight excluding hydrogens is 240 g/mol. The van der Waals surface area contributed by atoms with Gasteiger partial charge in [0.2, 0.25) is 0 Å². The molecule has 98 valence electrons. The summed E-state index contributed by atoms with van der Waals surface area (Å²) in [6.45, 7) is 3.91. The zero-order valence-corrected chi connectivity index (χ0v) is 11.2. The van der Waals surface area contributed by atoms with Gasteiger partial charge < -0.3 is 4.74 Å². The fourth-order valence-electron chi connectivity index (χ4n) is 2.11. The standard InChI is InChI=1S/C15H16N2O2/c1-4-5-11-9-12(8-10(2)14(11)19-3)13-6-7-16-17-15(13)18/h4-9H,1-3H3,(H,17,18). The van der Waals surface area contributed by atoms with Crippen molar-refractivity contribution in [1.29, 1.82) is 0 Å². The number of aromatic amines is 1. The highest BCUT2D eigenvalue weighted by atomic mass is 16.5. The second-order valence-corrected chi connectivity index (χ2v) is 4.22. The second-order valence-electron chi connectivity index (χ2n) is 4.22. The first-order valence-corrected chi connectivity index (χ1v) is 6.02. The van der Waals surface area contributed by atoms with Gasteiger partial charge in [-0.25, -0.2) is 5.10 Å². The molecule has 2 aromatic rings. The predicted octanol–water partition coefficient (Wildman–Crippen LogP) is 2.79. The number of aryl methyl sites for hydroxylation is 1. The van der Waals surface area contributed by atoms with E-state index >= 15 is 0 Å². The smallest absolute Gasteiger partial charge is 0.272 e. The molecule has 1 N–H and O–H groups in total. The summed E-state index contributed by atoms with van der Waals surface area (Å²) < 4.78 is 5.40. The maximum Gasteiger partial charge on any atom is 0.272 e. The van der Waals surface area contributed by atoms with Crippen molar-refractivity contribution >= 4 is 6.08 Å². The van der Waals surface area contributed by atoms with Crippen LogP contribution in [0.25, 0.3) is 17.2 Å². The van der Waals surface area contributed by atoms with Crippen LogP contribution in [0.15, 0.2) is 35.3 Å². The number of methoxy groups -OCH3 is 1. The number of allylic oxidation sites excluding steroid dienone is 1. The molecule has 4 nitrogen and oxygen atoms in total. The average molecular weight is 256 g/mol. The number of aromatic nitrogens is 2. The third-order valence-electron chi connectivity index (χ3n) is 2.89. The fraction of sp³-hybridized carbons (Fsp3) is 0.200. The summed E-state index contributed by atoms with van der Waals surface area (Å²) >= 11 is 0. The largest absolute Gasteiger partial charge is 0.496 e. The Kier molecular flexibility index (Phi) is 3.80. The summed E-state index contributed by atoms with van der Waals surface area (Å²) in [6, 6.07) is 5.59. The number of nitrogens with one attached hydrogen (secondary N) is 1. The maximum absolute atomic E-state index is 11.8. The molecule has 0 aliphatic rings. The number of nitrogens with zero attached hydrogens (tertiary/aromatic N) is 1. The summed E-state index contributed by atoms with van der Waals surface area (Å²) in [5, 5.41) is 6.15. The highest BCUT2D eigenvalue weighted by Gasteiger charge is 2.10. The Morgan fingerprint density at radius 2 is 2.16 bits per heavy atom. The Hall–Kier alpha value is -2.36. The van der Waals surface area contributed by atoms with Crippen LogP contribution in [-0.4, -0.2) is 17.3 Å². The van der Waals surface area contributed by atoms with E-state index in [1.165, 1.54) is 0 Å². The molecule has 0 spiro atoms. The Labute approximate surface area is 111 Å². The topological polar surface area (TPSA) is 55.0 Å². The Balaban J connectivity index is 2.67. The van der Waals surface area contributed by atoms with Crippen molar-refractivity contribution in [2.24, 2.45) is 0 Å². The highest BCUT2D eigenvalue weighted by Crippen LogP contribution is 2.30. The monoisotopic (exact) mass is 256 g/mol. The lowest BCUT2D eigenvalue weighted by atomic mass is 10.00. The molecule has 0 unspecified atom stereocenters. The summed E-state index contributed by atoms with van der Waals surface area (Å²) in [5.41, 5.74) is 3.21. The fourth-order valence-corrected chi connectivity index (χ4v) is 2.11. The van der Waals surface area contributed by atoms with Gasteiger partial charge in [-0.15, -0.1) is 0 Å². The van der Waals surface area contributed by atoms with Gasteiger partial charge in [-0.2, -0.15) is 5.10 Å². The summed E-state index contributed by atoms with van der Waals surface area (Å²) in [5.74, 6) is 0.826. The number of H-pyrrole nitrogens is 1. The van der Waals surface area contributed by atoms with Crippen LogP contribution in [0.4, 0.5) is 0 Å². The number of hydrogen-bond acceptors (Lipinski definition) is 3. The van der Waals surface area contributed by atoms with Gasteiger partial charge in [0.1, 0.15) is 5.75 Å². The van der Waals surface area contributed by atoms with E-state index in [4.69, 9.17) is 4.74 Å². The van der Waals surface area contributed by atoms with Crippen molar-refractivity contribution in [3.8, 4) is 16.9 Å². The zero-order valence-electron chi connectivity index (χ0n) is 11.2. The van der Waals surface area contributed by atoms with Crippen LogP contribution in [0.1, 0.15) is 18.1 Å². The molecule has 2 rings (SSSR count). The summed E-state index contributed by atoms with van der Waals surface area (Å²) in [4.78, 5) is 11.8. The Morgan fingerprint density at radius 1 is 1.37 bits per heavy atom. The molecule has 19 heavy (non-hydrogen) atoms. The van der Waals surface area contributed by atoms with Crippen LogP contribution in [-0.2, 0) is 0 Å². The van der Waals surface area contributed by atoms with Gasteiger partial charge in [-0.3, -0.25) is 4.79 Å². The molecule has 0 saturated heterocycles. The van der Waals surface area contributed by atoms with Crippen LogP contribution >= 0.6 is 0 Å². The Morgan fingerprint density at radius 3 is 2.79 bits per heavy atom. The van der Waals surface area contributed by atoms with Crippen molar-refractivity contribution < 1.29 is 4.74 Å². The minimum Gasteiger partial charge on any atom is -0.496 e. The molecular formula is C15H16N2O2. The first-order chi connectivity index (χ1) is 9.17. The van der Waals surface area contributed by atoms with Crippen LogP contribution in [0.5, 0.6) is 5.75 Å². The number of hydrogen-bond donors (Lipinski definition) is 1. The quantitative estimate of drug-likeness (QED) is 0.918. The predicted molar refractivity (Wildman–Crippen MR) is 76.3 cm³/mol. The first-order valence-electron chi connectivity index (χ1n) is 6.02. The molecule has 0 amide bonds. The maximum atomic E-state index is 11.8.